The lowest BCUT2D eigenvalue weighted by atomic mass is 10.7. The van der Waals surface area contributed by atoms with E-state index in [-0.39, 0.29) is 18.6 Å². The van der Waals surface area contributed by atoms with Gasteiger partial charge in [0.15, 0.2) is 0 Å². The lowest BCUT2D eigenvalue weighted by Crippen LogP contribution is -2.09. The van der Waals surface area contributed by atoms with Crippen molar-refractivity contribution in [2.45, 2.75) is 0 Å². The third kappa shape index (κ3) is 24.5. The van der Waals surface area contributed by atoms with Crippen LogP contribution in [0.1, 0.15) is 0 Å². The van der Waals surface area contributed by atoms with E-state index in [0.717, 1.165) is 0 Å². The maximum absolute atomic E-state index is 8.26. The Labute approximate surface area is 88.4 Å². The number of rotatable bonds is 7. The maximum atomic E-state index is 8.26. The number of hydrogen-bond donors (Lipinski definition) is 2. The molecule has 0 saturated carbocycles. The molecule has 0 unspecified atom stereocenters. The van der Waals surface area contributed by atoms with E-state index in [4.69, 9.17) is 42.9 Å². The zero-order valence-electron chi connectivity index (χ0n) is 7.42. The Balaban J connectivity index is 0. The molecule has 0 saturated heterocycles. The van der Waals surface area contributed by atoms with Crippen LogP contribution in [0.15, 0.2) is 0 Å². The minimum Gasteiger partial charge on any atom is -0.394 e. The molecule has 82 valence electrons. The molecule has 13 heavy (non-hydrogen) atoms. The van der Waals surface area contributed by atoms with Gasteiger partial charge in [-0.2, -0.15) is 0 Å². The first-order valence-electron chi connectivity index (χ1n) is 3.82. The maximum Gasteiger partial charge on any atom is 0.0967 e. The van der Waals surface area contributed by atoms with Gasteiger partial charge in [0, 0.05) is 0 Å². The standard InChI is InChI=1S/C6H14O4.CH2Cl2/c7-1-3-9-5-6-10-4-2-8;2-1-3/h7-8H,1-6H2;1H2. The fourth-order valence-electron chi connectivity index (χ4n) is 0.451. The summed E-state index contributed by atoms with van der Waals surface area (Å²) in [4.78, 5) is 0. The van der Waals surface area contributed by atoms with E-state index in [1.54, 1.807) is 0 Å². The summed E-state index contributed by atoms with van der Waals surface area (Å²) in [5.41, 5.74) is 0. The van der Waals surface area contributed by atoms with E-state index in [1.165, 1.54) is 0 Å². The number of aliphatic hydroxyl groups excluding tert-OH is 2. The number of halogens is 2. The summed E-state index contributed by atoms with van der Waals surface area (Å²) in [6.45, 7) is 1.73. The molecule has 6 heteroatoms. The third-order valence-corrected chi connectivity index (χ3v) is 0.843. The highest BCUT2D eigenvalue weighted by Crippen LogP contribution is 1.76. The van der Waals surface area contributed by atoms with Gasteiger partial charge in [-0.15, -0.1) is 23.2 Å². The number of alkyl halides is 2. The summed E-state index contributed by atoms with van der Waals surface area (Å²) in [6, 6.07) is 0. The third-order valence-electron chi connectivity index (χ3n) is 0.843. The predicted molar refractivity (Wildman–Crippen MR) is 52.4 cm³/mol. The molecule has 0 amide bonds. The molecule has 0 spiro atoms. The summed E-state index contributed by atoms with van der Waals surface area (Å²) in [5.74, 6) is 0. The molecule has 0 aliphatic heterocycles. The molecular weight excluding hydrogens is 219 g/mol. The molecule has 0 aromatic heterocycles. The van der Waals surface area contributed by atoms with Gasteiger partial charge in [-0.05, 0) is 0 Å². The Morgan fingerprint density at radius 3 is 1.31 bits per heavy atom. The summed E-state index contributed by atoms with van der Waals surface area (Å²) >= 11 is 9.53. The fraction of sp³-hybridized carbons (Fsp3) is 1.00. The molecule has 2 N–H and O–H groups in total. The second-order valence-electron chi connectivity index (χ2n) is 1.77. The van der Waals surface area contributed by atoms with Crippen LogP contribution in [0.5, 0.6) is 0 Å². The van der Waals surface area contributed by atoms with E-state index in [0.29, 0.717) is 26.4 Å². The second kappa shape index (κ2) is 18.3. The van der Waals surface area contributed by atoms with Gasteiger partial charge in [0.2, 0.25) is 0 Å². The Bertz CT molecular complexity index is 67.5. The first kappa shape index (κ1) is 15.9. The molecular formula is C7H16Cl2O4. The van der Waals surface area contributed by atoms with Crippen LogP contribution in [-0.2, 0) is 9.47 Å². The highest BCUT2D eigenvalue weighted by atomic mass is 35.5. The monoisotopic (exact) mass is 234 g/mol. The van der Waals surface area contributed by atoms with Crippen molar-refractivity contribution in [3.63, 3.8) is 0 Å². The first-order chi connectivity index (χ1) is 6.33. The van der Waals surface area contributed by atoms with Crippen LogP contribution < -0.4 is 0 Å². The Hall–Kier alpha value is 0.420. The zero-order valence-corrected chi connectivity index (χ0v) is 8.93. The topological polar surface area (TPSA) is 58.9 Å². The van der Waals surface area contributed by atoms with Crippen molar-refractivity contribution in [2.75, 3.05) is 45.0 Å². The highest BCUT2D eigenvalue weighted by molar-refractivity contribution is 6.40. The number of hydrogen-bond acceptors (Lipinski definition) is 4. The van der Waals surface area contributed by atoms with E-state index >= 15 is 0 Å². The molecule has 0 atom stereocenters. The summed E-state index contributed by atoms with van der Waals surface area (Å²) < 4.78 is 9.75. The summed E-state index contributed by atoms with van der Waals surface area (Å²) in [6.07, 6.45) is 0. The number of aliphatic hydroxyl groups is 2. The minimum atomic E-state index is 0.0417. The molecule has 0 aliphatic carbocycles. The largest absolute Gasteiger partial charge is 0.394 e. The quantitative estimate of drug-likeness (QED) is 0.496. The second-order valence-corrected chi connectivity index (χ2v) is 2.58. The van der Waals surface area contributed by atoms with E-state index < -0.39 is 0 Å². The summed E-state index contributed by atoms with van der Waals surface area (Å²) in [7, 11) is 0. The van der Waals surface area contributed by atoms with Crippen LogP contribution in [0.25, 0.3) is 0 Å². The molecule has 0 aromatic rings. The van der Waals surface area contributed by atoms with Crippen LogP contribution in [0, 0.1) is 0 Å². The van der Waals surface area contributed by atoms with Crippen molar-refractivity contribution in [3.8, 4) is 0 Å². The Morgan fingerprint density at radius 1 is 0.769 bits per heavy atom. The van der Waals surface area contributed by atoms with E-state index in [9.17, 15) is 0 Å². The van der Waals surface area contributed by atoms with Crippen LogP contribution in [0.2, 0.25) is 0 Å². The lowest BCUT2D eigenvalue weighted by molar-refractivity contribution is 0.0222. The van der Waals surface area contributed by atoms with Crippen molar-refractivity contribution in [1.29, 1.82) is 0 Å². The van der Waals surface area contributed by atoms with Crippen molar-refractivity contribution in [3.05, 3.63) is 0 Å². The molecule has 0 rings (SSSR count). The average Bonchev–Trinajstić information content (AvgIpc) is 2.13. The van der Waals surface area contributed by atoms with Gasteiger partial charge < -0.3 is 19.7 Å². The summed E-state index contributed by atoms with van der Waals surface area (Å²) in [5, 5.41) is 16.7. The van der Waals surface area contributed by atoms with Gasteiger partial charge in [-0.3, -0.25) is 0 Å². The predicted octanol–water partition coefficient (Wildman–Crippen LogP) is 0.426. The van der Waals surface area contributed by atoms with Crippen LogP contribution in [0.3, 0.4) is 0 Å². The van der Waals surface area contributed by atoms with Gasteiger partial charge in [0.1, 0.15) is 0 Å². The van der Waals surface area contributed by atoms with Crippen molar-refractivity contribution < 1.29 is 19.7 Å². The smallest absolute Gasteiger partial charge is 0.0967 e. The van der Waals surface area contributed by atoms with Crippen molar-refractivity contribution >= 4 is 23.2 Å². The van der Waals surface area contributed by atoms with Gasteiger partial charge in [0.25, 0.3) is 0 Å². The zero-order chi connectivity index (χ0) is 10.4. The average molecular weight is 235 g/mol. The number of ether oxygens (including phenoxy) is 2. The van der Waals surface area contributed by atoms with E-state index in [1.807, 2.05) is 0 Å². The van der Waals surface area contributed by atoms with E-state index in [2.05, 4.69) is 0 Å². The highest BCUT2D eigenvalue weighted by Gasteiger charge is 1.86. The Morgan fingerprint density at radius 2 is 1.08 bits per heavy atom. The van der Waals surface area contributed by atoms with Gasteiger partial charge in [0.05, 0.1) is 45.0 Å². The van der Waals surface area contributed by atoms with Crippen molar-refractivity contribution in [2.24, 2.45) is 0 Å². The Kier molecular flexibility index (Phi) is 22.3. The van der Waals surface area contributed by atoms with Gasteiger partial charge >= 0.3 is 0 Å². The van der Waals surface area contributed by atoms with Crippen LogP contribution in [-0.4, -0.2) is 55.2 Å². The molecule has 0 aromatic carbocycles. The lowest BCUT2D eigenvalue weighted by Gasteiger charge is -2.01. The SMILES string of the molecule is ClCCl.OCCOCCOCCO. The van der Waals surface area contributed by atoms with Crippen LogP contribution >= 0.6 is 23.2 Å². The first-order valence-corrected chi connectivity index (χ1v) is 4.89. The van der Waals surface area contributed by atoms with Crippen LogP contribution in [0.4, 0.5) is 0 Å². The van der Waals surface area contributed by atoms with Crippen molar-refractivity contribution in [1.82, 2.24) is 0 Å². The normalized spacial score (nSPS) is 9.23. The van der Waals surface area contributed by atoms with Gasteiger partial charge in [-0.25, -0.2) is 0 Å². The fourth-order valence-corrected chi connectivity index (χ4v) is 0.451. The molecule has 0 aliphatic rings. The molecule has 0 radical (unpaired) electrons. The molecule has 0 bridgehead atoms. The van der Waals surface area contributed by atoms with Gasteiger partial charge in [-0.1, -0.05) is 0 Å². The molecule has 0 fully saturated rings. The minimum absolute atomic E-state index is 0.0417. The molecule has 4 nitrogen and oxygen atoms in total. The molecule has 0 heterocycles.